The molecule has 1 atom stereocenters. The molecule has 2 aromatic carbocycles. The fourth-order valence-corrected chi connectivity index (χ4v) is 2.49. The Morgan fingerprint density at radius 3 is 2.53 bits per heavy atom. The Balaban J connectivity index is 2.23. The first-order chi connectivity index (χ1) is 8.97. The minimum absolute atomic E-state index is 0.120. The van der Waals surface area contributed by atoms with E-state index in [9.17, 15) is 13.9 Å². The van der Waals surface area contributed by atoms with E-state index in [4.69, 9.17) is 0 Å². The zero-order valence-electron chi connectivity index (χ0n) is 10.3. The molecule has 1 N–H and O–H groups in total. The monoisotopic (exact) mass is 326 g/mol. The molecule has 0 aliphatic carbocycles. The third-order valence-corrected chi connectivity index (χ3v) is 3.51. The second-order valence-electron chi connectivity index (χ2n) is 4.46. The molecule has 0 heterocycles. The summed E-state index contributed by atoms with van der Waals surface area (Å²) in [5, 5.41) is 10.2. The van der Waals surface area contributed by atoms with Gasteiger partial charge in [-0.15, -0.1) is 0 Å². The van der Waals surface area contributed by atoms with Crippen LogP contribution in [-0.4, -0.2) is 5.11 Å². The molecule has 100 valence electrons. The maximum atomic E-state index is 13.5. The summed E-state index contributed by atoms with van der Waals surface area (Å²) in [6.45, 7) is 1.88. The maximum absolute atomic E-state index is 13.5. The molecule has 0 spiro atoms. The van der Waals surface area contributed by atoms with Gasteiger partial charge in [-0.05, 0) is 41.8 Å². The van der Waals surface area contributed by atoms with Crippen LogP contribution in [0.1, 0.15) is 22.8 Å². The quantitative estimate of drug-likeness (QED) is 0.891. The Morgan fingerprint density at radius 1 is 1.16 bits per heavy atom. The third-order valence-electron chi connectivity index (χ3n) is 3.02. The van der Waals surface area contributed by atoms with E-state index in [1.165, 1.54) is 12.1 Å². The Labute approximate surface area is 119 Å². The molecule has 0 saturated carbocycles. The van der Waals surface area contributed by atoms with Gasteiger partial charge in [0.15, 0.2) is 0 Å². The lowest BCUT2D eigenvalue weighted by Crippen LogP contribution is -2.05. The zero-order valence-corrected chi connectivity index (χ0v) is 11.9. The molecule has 2 aromatic rings. The number of rotatable bonds is 3. The van der Waals surface area contributed by atoms with Gasteiger partial charge in [-0.3, -0.25) is 0 Å². The van der Waals surface area contributed by atoms with Crippen molar-refractivity contribution >= 4 is 15.9 Å². The molecule has 1 unspecified atom stereocenters. The second kappa shape index (κ2) is 5.80. The van der Waals surface area contributed by atoms with Crippen LogP contribution in [-0.2, 0) is 6.42 Å². The number of aliphatic hydroxyl groups excluding tert-OH is 1. The Morgan fingerprint density at radius 2 is 1.89 bits per heavy atom. The molecule has 0 radical (unpaired) electrons. The van der Waals surface area contributed by atoms with Gasteiger partial charge in [0.25, 0.3) is 0 Å². The summed E-state index contributed by atoms with van der Waals surface area (Å²) >= 11 is 3.35. The Hall–Kier alpha value is -1.26. The number of hydrogen-bond donors (Lipinski definition) is 1. The highest BCUT2D eigenvalue weighted by Gasteiger charge is 2.14. The summed E-state index contributed by atoms with van der Waals surface area (Å²) in [5.74, 6) is -1.25. The third kappa shape index (κ3) is 3.39. The molecular formula is C15H13BrF2O. The van der Waals surface area contributed by atoms with Crippen LogP contribution in [0.5, 0.6) is 0 Å². The van der Waals surface area contributed by atoms with Crippen LogP contribution >= 0.6 is 15.9 Å². The van der Waals surface area contributed by atoms with E-state index in [0.29, 0.717) is 5.56 Å². The number of aryl methyl sites for hydroxylation is 1. The Kier molecular flexibility index (Phi) is 4.32. The van der Waals surface area contributed by atoms with Crippen molar-refractivity contribution < 1.29 is 13.9 Å². The highest BCUT2D eigenvalue weighted by atomic mass is 79.9. The number of benzene rings is 2. The van der Waals surface area contributed by atoms with Crippen LogP contribution in [0, 0.1) is 18.6 Å². The van der Waals surface area contributed by atoms with E-state index in [1.807, 2.05) is 19.1 Å². The van der Waals surface area contributed by atoms with Crippen LogP contribution in [0.15, 0.2) is 40.9 Å². The summed E-state index contributed by atoms with van der Waals surface area (Å²) in [6, 6.07) is 8.90. The minimum atomic E-state index is -0.812. The molecular weight excluding hydrogens is 314 g/mol. The van der Waals surface area contributed by atoms with Gasteiger partial charge in [-0.2, -0.15) is 0 Å². The average Bonchev–Trinajstić information content (AvgIpc) is 2.32. The zero-order chi connectivity index (χ0) is 14.0. The lowest BCUT2D eigenvalue weighted by molar-refractivity contribution is 0.176. The van der Waals surface area contributed by atoms with Crippen LogP contribution in [0.25, 0.3) is 0 Å². The average molecular weight is 327 g/mol. The van der Waals surface area contributed by atoms with Crippen molar-refractivity contribution in [3.05, 3.63) is 69.2 Å². The lowest BCUT2D eigenvalue weighted by Gasteiger charge is -2.14. The van der Waals surface area contributed by atoms with Crippen molar-refractivity contribution in [1.82, 2.24) is 0 Å². The van der Waals surface area contributed by atoms with E-state index in [2.05, 4.69) is 15.9 Å². The number of aliphatic hydroxyl groups is 1. The van der Waals surface area contributed by atoms with Gasteiger partial charge in [0.1, 0.15) is 11.6 Å². The first-order valence-corrected chi connectivity index (χ1v) is 6.64. The molecule has 0 saturated heterocycles. The predicted molar refractivity (Wildman–Crippen MR) is 73.9 cm³/mol. The fraction of sp³-hybridized carbons (Fsp3) is 0.200. The standard InChI is InChI=1S/C15H13BrF2O/c1-9-6-11(16)3-5-13(9)15(19)7-10-2-4-12(17)8-14(10)18/h2-6,8,15,19H,7H2,1H3. The molecule has 4 heteroatoms. The SMILES string of the molecule is Cc1cc(Br)ccc1C(O)Cc1ccc(F)cc1F. The van der Waals surface area contributed by atoms with Crippen LogP contribution in [0.4, 0.5) is 8.78 Å². The molecule has 0 bridgehead atoms. The maximum Gasteiger partial charge on any atom is 0.129 e. The summed E-state index contributed by atoms with van der Waals surface area (Å²) in [6.07, 6.45) is -0.692. The minimum Gasteiger partial charge on any atom is -0.388 e. The van der Waals surface area contributed by atoms with Gasteiger partial charge in [0, 0.05) is 17.0 Å². The van der Waals surface area contributed by atoms with Gasteiger partial charge in [0.05, 0.1) is 6.10 Å². The molecule has 0 fully saturated rings. The van der Waals surface area contributed by atoms with Crippen LogP contribution in [0.2, 0.25) is 0 Å². The van der Waals surface area contributed by atoms with Crippen molar-refractivity contribution in [2.45, 2.75) is 19.4 Å². The van der Waals surface area contributed by atoms with E-state index < -0.39 is 17.7 Å². The first kappa shape index (κ1) is 14.2. The van der Waals surface area contributed by atoms with Gasteiger partial charge in [-0.1, -0.05) is 28.1 Å². The number of halogens is 3. The molecule has 0 aliphatic rings. The smallest absolute Gasteiger partial charge is 0.129 e. The molecule has 2 rings (SSSR count). The summed E-state index contributed by atoms with van der Waals surface area (Å²) in [5.41, 5.74) is 1.97. The molecule has 1 nitrogen and oxygen atoms in total. The molecule has 0 amide bonds. The van der Waals surface area contributed by atoms with E-state index >= 15 is 0 Å². The van der Waals surface area contributed by atoms with E-state index in [0.717, 1.165) is 21.7 Å². The highest BCUT2D eigenvalue weighted by molar-refractivity contribution is 9.10. The predicted octanol–water partition coefficient (Wildman–Crippen LogP) is 4.31. The molecule has 0 aliphatic heterocycles. The number of hydrogen-bond acceptors (Lipinski definition) is 1. The Bertz CT molecular complexity index is 599. The summed E-state index contributed by atoms with van der Waals surface area (Å²) in [7, 11) is 0. The van der Waals surface area contributed by atoms with Crippen LogP contribution in [0.3, 0.4) is 0 Å². The highest BCUT2D eigenvalue weighted by Crippen LogP contribution is 2.25. The van der Waals surface area contributed by atoms with Gasteiger partial charge < -0.3 is 5.11 Å². The van der Waals surface area contributed by atoms with Crippen molar-refractivity contribution in [3.8, 4) is 0 Å². The van der Waals surface area contributed by atoms with Gasteiger partial charge >= 0.3 is 0 Å². The normalized spacial score (nSPS) is 12.5. The molecule has 0 aromatic heterocycles. The van der Waals surface area contributed by atoms with E-state index in [-0.39, 0.29) is 6.42 Å². The van der Waals surface area contributed by atoms with Crippen molar-refractivity contribution in [2.75, 3.05) is 0 Å². The van der Waals surface area contributed by atoms with Crippen molar-refractivity contribution in [1.29, 1.82) is 0 Å². The summed E-state index contributed by atoms with van der Waals surface area (Å²) in [4.78, 5) is 0. The topological polar surface area (TPSA) is 20.2 Å². The second-order valence-corrected chi connectivity index (χ2v) is 5.37. The summed E-state index contributed by atoms with van der Waals surface area (Å²) < 4.78 is 27.3. The van der Waals surface area contributed by atoms with Gasteiger partial charge in [0.2, 0.25) is 0 Å². The molecule has 19 heavy (non-hydrogen) atoms. The van der Waals surface area contributed by atoms with Crippen molar-refractivity contribution in [2.24, 2.45) is 0 Å². The van der Waals surface area contributed by atoms with Gasteiger partial charge in [-0.25, -0.2) is 8.78 Å². The van der Waals surface area contributed by atoms with Crippen LogP contribution < -0.4 is 0 Å². The lowest BCUT2D eigenvalue weighted by atomic mass is 9.97. The van der Waals surface area contributed by atoms with E-state index in [1.54, 1.807) is 6.07 Å². The first-order valence-electron chi connectivity index (χ1n) is 5.85. The fourth-order valence-electron chi connectivity index (χ4n) is 2.02. The largest absolute Gasteiger partial charge is 0.388 e. The van der Waals surface area contributed by atoms with Crippen molar-refractivity contribution in [3.63, 3.8) is 0 Å².